The third kappa shape index (κ3) is 3.91. The molecule has 2 aliphatic rings. The highest BCUT2D eigenvalue weighted by Crippen LogP contribution is 2.31. The van der Waals surface area contributed by atoms with E-state index in [2.05, 4.69) is 10.6 Å². The van der Waals surface area contributed by atoms with Crippen molar-refractivity contribution in [2.75, 3.05) is 28.3 Å². The number of urea groups is 1. The molecule has 9 heteroatoms. The van der Waals surface area contributed by atoms with Crippen molar-refractivity contribution >= 4 is 33.3 Å². The molecule has 4 rings (SSSR count). The largest absolute Gasteiger partial charge is 0.450 e. The predicted octanol–water partition coefficient (Wildman–Crippen LogP) is 2.62. The molecular formula is C20H21N3O5S. The maximum atomic E-state index is 12.3. The molecule has 2 atom stereocenters. The molecule has 0 saturated carbocycles. The molecule has 2 saturated heterocycles. The molecular weight excluding hydrogens is 394 g/mol. The van der Waals surface area contributed by atoms with Gasteiger partial charge in [0.2, 0.25) is 0 Å². The van der Waals surface area contributed by atoms with E-state index in [1.54, 1.807) is 19.1 Å². The number of hydrogen-bond acceptors (Lipinski definition) is 5. The average Bonchev–Trinajstić information content (AvgIpc) is 3.12. The number of fused-ring (bicyclic) bond motifs is 1. The number of sulfone groups is 1. The van der Waals surface area contributed by atoms with Gasteiger partial charge in [0.1, 0.15) is 0 Å². The van der Waals surface area contributed by atoms with E-state index in [1.807, 2.05) is 36.4 Å². The van der Waals surface area contributed by atoms with E-state index in [4.69, 9.17) is 4.74 Å². The summed E-state index contributed by atoms with van der Waals surface area (Å²) in [6.45, 7) is 2.04. The van der Waals surface area contributed by atoms with Crippen LogP contribution in [0.1, 0.15) is 6.92 Å². The number of ether oxygens (including phenoxy) is 1. The molecule has 0 aromatic heterocycles. The second kappa shape index (κ2) is 7.40. The van der Waals surface area contributed by atoms with Crippen LogP contribution in [0.15, 0.2) is 48.5 Å². The van der Waals surface area contributed by atoms with Crippen LogP contribution in [-0.2, 0) is 14.6 Å². The first-order chi connectivity index (χ1) is 13.9. The Bertz CT molecular complexity index is 1030. The van der Waals surface area contributed by atoms with Crippen LogP contribution in [0.2, 0.25) is 0 Å². The number of amides is 3. The van der Waals surface area contributed by atoms with Crippen LogP contribution in [-0.4, -0.2) is 50.7 Å². The van der Waals surface area contributed by atoms with Crippen molar-refractivity contribution in [3.8, 4) is 11.1 Å². The lowest BCUT2D eigenvalue weighted by Gasteiger charge is -2.21. The van der Waals surface area contributed by atoms with Gasteiger partial charge in [-0.05, 0) is 42.3 Å². The predicted molar refractivity (Wildman–Crippen MR) is 110 cm³/mol. The van der Waals surface area contributed by atoms with Crippen LogP contribution < -0.4 is 15.5 Å². The number of benzene rings is 2. The summed E-state index contributed by atoms with van der Waals surface area (Å²) in [6.07, 6.45) is -0.499. The van der Waals surface area contributed by atoms with Crippen molar-refractivity contribution in [3.05, 3.63) is 48.5 Å². The van der Waals surface area contributed by atoms with Gasteiger partial charge in [0.25, 0.3) is 0 Å². The number of nitrogens with one attached hydrogen (secondary N) is 2. The van der Waals surface area contributed by atoms with Crippen molar-refractivity contribution in [1.29, 1.82) is 0 Å². The molecule has 0 bridgehead atoms. The Kier molecular flexibility index (Phi) is 4.91. The Morgan fingerprint density at radius 1 is 1.10 bits per heavy atom. The number of nitrogens with zero attached hydrogens (tertiary/aromatic N) is 1. The van der Waals surface area contributed by atoms with Gasteiger partial charge in [-0.15, -0.1) is 0 Å². The molecule has 2 aliphatic heterocycles. The first kappa shape index (κ1) is 19.3. The van der Waals surface area contributed by atoms with E-state index in [0.29, 0.717) is 18.0 Å². The van der Waals surface area contributed by atoms with Gasteiger partial charge < -0.3 is 10.1 Å². The van der Waals surface area contributed by atoms with Crippen molar-refractivity contribution < 1.29 is 22.7 Å². The fraction of sp³-hybridized carbons (Fsp3) is 0.300. The molecule has 0 spiro atoms. The summed E-state index contributed by atoms with van der Waals surface area (Å²) in [6, 6.07) is 13.7. The van der Waals surface area contributed by atoms with Crippen LogP contribution in [0.3, 0.4) is 0 Å². The molecule has 2 unspecified atom stereocenters. The van der Waals surface area contributed by atoms with Crippen LogP contribution in [0.5, 0.6) is 0 Å². The first-order valence-corrected chi connectivity index (χ1v) is 11.1. The monoisotopic (exact) mass is 415 g/mol. The maximum Gasteiger partial charge on any atom is 0.411 e. The van der Waals surface area contributed by atoms with Gasteiger partial charge in [0.15, 0.2) is 9.84 Å². The highest BCUT2D eigenvalue weighted by Gasteiger charge is 2.49. The van der Waals surface area contributed by atoms with E-state index in [1.165, 1.54) is 4.90 Å². The lowest BCUT2D eigenvalue weighted by Crippen LogP contribution is -2.36. The molecule has 29 heavy (non-hydrogen) atoms. The lowest BCUT2D eigenvalue weighted by molar-refractivity contribution is 0.168. The molecule has 2 heterocycles. The van der Waals surface area contributed by atoms with Gasteiger partial charge in [-0.1, -0.05) is 24.3 Å². The fourth-order valence-electron chi connectivity index (χ4n) is 3.75. The minimum Gasteiger partial charge on any atom is -0.450 e. The summed E-state index contributed by atoms with van der Waals surface area (Å²) in [5, 5.41) is 5.40. The summed E-state index contributed by atoms with van der Waals surface area (Å²) in [4.78, 5) is 25.3. The zero-order valence-electron chi connectivity index (χ0n) is 15.8. The Morgan fingerprint density at radius 2 is 1.72 bits per heavy atom. The summed E-state index contributed by atoms with van der Waals surface area (Å²) in [5.41, 5.74) is 3.17. The van der Waals surface area contributed by atoms with E-state index >= 15 is 0 Å². The van der Waals surface area contributed by atoms with Gasteiger partial charge >= 0.3 is 12.1 Å². The molecule has 2 aromatic carbocycles. The van der Waals surface area contributed by atoms with E-state index in [0.717, 1.165) is 11.1 Å². The van der Waals surface area contributed by atoms with Crippen molar-refractivity contribution in [2.24, 2.45) is 0 Å². The minimum atomic E-state index is -3.13. The summed E-state index contributed by atoms with van der Waals surface area (Å²) >= 11 is 0. The molecule has 2 aromatic rings. The Balaban J connectivity index is 1.49. The molecule has 8 nitrogen and oxygen atoms in total. The van der Waals surface area contributed by atoms with Gasteiger partial charge in [0, 0.05) is 11.4 Å². The molecule has 2 N–H and O–H groups in total. The van der Waals surface area contributed by atoms with Gasteiger partial charge in [-0.25, -0.2) is 18.0 Å². The number of anilines is 2. The molecule has 2 fully saturated rings. The summed E-state index contributed by atoms with van der Waals surface area (Å²) < 4.78 is 28.6. The number of carbonyl (C=O) groups is 2. The fourth-order valence-corrected chi connectivity index (χ4v) is 5.64. The Morgan fingerprint density at radius 3 is 2.34 bits per heavy atom. The Labute approximate surface area is 168 Å². The maximum absolute atomic E-state index is 12.3. The van der Waals surface area contributed by atoms with Gasteiger partial charge in [-0.3, -0.25) is 10.2 Å². The van der Waals surface area contributed by atoms with Crippen molar-refractivity contribution in [2.45, 2.75) is 19.0 Å². The van der Waals surface area contributed by atoms with Gasteiger partial charge in [0.05, 0.1) is 30.2 Å². The second-order valence-electron chi connectivity index (χ2n) is 7.04. The Hall–Kier alpha value is -3.07. The average molecular weight is 415 g/mol. The van der Waals surface area contributed by atoms with E-state index in [-0.39, 0.29) is 29.6 Å². The molecule has 0 aliphatic carbocycles. The second-order valence-corrected chi connectivity index (χ2v) is 9.19. The zero-order valence-corrected chi connectivity index (χ0v) is 16.6. The number of hydrogen-bond donors (Lipinski definition) is 2. The highest BCUT2D eigenvalue weighted by atomic mass is 32.2. The van der Waals surface area contributed by atoms with Crippen LogP contribution in [0, 0.1) is 0 Å². The SMILES string of the molecule is CCOC(=O)Nc1ccc(-c2ccc(N3C(=O)NC4CS(=O)(=O)CC43)cc2)cc1. The standard InChI is InChI=1S/C20H21N3O5S/c1-2-28-20(25)21-15-7-3-13(4-8-15)14-5-9-16(10-6-14)23-18-12-29(26,27)11-17(18)22-19(23)24/h3-10,17-18H,2,11-12H2,1H3,(H,21,25)(H,22,24). The van der Waals surface area contributed by atoms with Crippen LogP contribution in [0.25, 0.3) is 11.1 Å². The minimum absolute atomic E-state index is 0.00975. The normalized spacial score (nSPS) is 22.1. The number of rotatable bonds is 4. The smallest absolute Gasteiger partial charge is 0.411 e. The highest BCUT2D eigenvalue weighted by molar-refractivity contribution is 7.91. The van der Waals surface area contributed by atoms with Crippen LogP contribution in [0.4, 0.5) is 21.0 Å². The van der Waals surface area contributed by atoms with Crippen LogP contribution >= 0.6 is 0 Å². The number of carbonyl (C=O) groups excluding carboxylic acids is 2. The molecule has 3 amide bonds. The quantitative estimate of drug-likeness (QED) is 0.747. The van der Waals surface area contributed by atoms with E-state index in [9.17, 15) is 18.0 Å². The summed E-state index contributed by atoms with van der Waals surface area (Å²) in [7, 11) is -3.13. The van der Waals surface area contributed by atoms with Crippen molar-refractivity contribution in [1.82, 2.24) is 5.32 Å². The van der Waals surface area contributed by atoms with Gasteiger partial charge in [-0.2, -0.15) is 0 Å². The third-order valence-corrected chi connectivity index (χ3v) is 6.78. The zero-order chi connectivity index (χ0) is 20.6. The first-order valence-electron chi connectivity index (χ1n) is 9.31. The topological polar surface area (TPSA) is 105 Å². The molecule has 152 valence electrons. The van der Waals surface area contributed by atoms with E-state index < -0.39 is 15.9 Å². The third-order valence-electron chi connectivity index (χ3n) is 5.07. The van der Waals surface area contributed by atoms with Crippen molar-refractivity contribution in [3.63, 3.8) is 0 Å². The summed E-state index contributed by atoms with van der Waals surface area (Å²) in [5.74, 6) is -0.0305. The molecule has 0 radical (unpaired) electrons. The lowest BCUT2D eigenvalue weighted by atomic mass is 10.0.